The summed E-state index contributed by atoms with van der Waals surface area (Å²) in [5.74, 6) is -2.10. The van der Waals surface area contributed by atoms with E-state index in [2.05, 4.69) is 9.72 Å². The van der Waals surface area contributed by atoms with E-state index >= 15 is 0 Å². The Bertz CT molecular complexity index is 659. The van der Waals surface area contributed by atoms with Gasteiger partial charge in [0.05, 0.1) is 31.7 Å². The van der Waals surface area contributed by atoms with E-state index in [1.807, 2.05) is 0 Å². The van der Waals surface area contributed by atoms with Crippen LogP contribution in [0.3, 0.4) is 0 Å². The van der Waals surface area contributed by atoms with Crippen LogP contribution in [0.5, 0.6) is 5.75 Å². The zero-order valence-corrected chi connectivity index (χ0v) is 10.8. The molecule has 2 rings (SSSR count). The van der Waals surface area contributed by atoms with Gasteiger partial charge in [-0.2, -0.15) is 0 Å². The van der Waals surface area contributed by atoms with Crippen LogP contribution in [0.2, 0.25) is 0 Å². The molecular formula is C14H11F2NO3. The van der Waals surface area contributed by atoms with Crippen LogP contribution in [0.25, 0.3) is 11.3 Å². The van der Waals surface area contributed by atoms with Gasteiger partial charge in [0.15, 0.2) is 17.4 Å². The van der Waals surface area contributed by atoms with E-state index in [1.165, 1.54) is 25.3 Å². The molecule has 1 aromatic carbocycles. The van der Waals surface area contributed by atoms with Crippen molar-refractivity contribution < 1.29 is 23.0 Å². The molecule has 0 bridgehead atoms. The van der Waals surface area contributed by atoms with Crippen molar-refractivity contribution >= 4 is 5.97 Å². The van der Waals surface area contributed by atoms with E-state index in [4.69, 9.17) is 4.74 Å². The average Bonchev–Trinajstić information content (AvgIpc) is 2.47. The molecule has 0 aliphatic rings. The quantitative estimate of drug-likeness (QED) is 0.811. The predicted octanol–water partition coefficient (Wildman–Crippen LogP) is 2.82. The summed E-state index contributed by atoms with van der Waals surface area (Å²) in [5, 5.41) is 0. The standard InChI is InChI=1S/C14H11F2NO3/c1-19-13-4-3-8(5-10(13)15)12-6-9(14(18)20-2)11(16)7-17-12/h3-7H,1-2H3. The van der Waals surface area contributed by atoms with Crippen molar-refractivity contribution in [3.05, 3.63) is 47.7 Å². The molecule has 0 radical (unpaired) electrons. The minimum atomic E-state index is -0.819. The minimum absolute atomic E-state index is 0.0871. The van der Waals surface area contributed by atoms with Crippen LogP contribution in [-0.2, 0) is 4.74 Å². The maximum absolute atomic E-state index is 13.6. The Morgan fingerprint density at radius 2 is 1.90 bits per heavy atom. The Labute approximate surface area is 114 Å². The van der Waals surface area contributed by atoms with Crippen LogP contribution >= 0.6 is 0 Å². The molecule has 1 heterocycles. The first-order chi connectivity index (χ1) is 9.56. The summed E-state index contributed by atoms with van der Waals surface area (Å²) in [6, 6.07) is 5.39. The zero-order chi connectivity index (χ0) is 14.7. The van der Waals surface area contributed by atoms with Crippen molar-refractivity contribution in [2.24, 2.45) is 0 Å². The normalized spacial score (nSPS) is 10.2. The topological polar surface area (TPSA) is 48.4 Å². The number of rotatable bonds is 3. The van der Waals surface area contributed by atoms with Crippen LogP contribution in [0.4, 0.5) is 8.78 Å². The summed E-state index contributed by atoms with van der Waals surface area (Å²) in [4.78, 5) is 15.2. The fraction of sp³-hybridized carbons (Fsp3) is 0.143. The van der Waals surface area contributed by atoms with Gasteiger partial charge in [-0.3, -0.25) is 4.98 Å². The first-order valence-electron chi connectivity index (χ1n) is 5.64. The summed E-state index contributed by atoms with van der Waals surface area (Å²) >= 11 is 0. The molecule has 6 heteroatoms. The molecular weight excluding hydrogens is 268 g/mol. The Morgan fingerprint density at radius 3 is 2.50 bits per heavy atom. The lowest BCUT2D eigenvalue weighted by molar-refractivity contribution is 0.0595. The molecule has 0 N–H and O–H groups in total. The molecule has 0 aliphatic carbocycles. The van der Waals surface area contributed by atoms with E-state index in [0.717, 1.165) is 13.3 Å². The van der Waals surface area contributed by atoms with Crippen molar-refractivity contribution in [3.63, 3.8) is 0 Å². The van der Waals surface area contributed by atoms with Crippen LogP contribution < -0.4 is 4.74 Å². The lowest BCUT2D eigenvalue weighted by Crippen LogP contribution is -2.05. The molecule has 0 amide bonds. The second-order valence-electron chi connectivity index (χ2n) is 3.89. The number of esters is 1. The molecule has 0 aliphatic heterocycles. The molecule has 0 saturated heterocycles. The van der Waals surface area contributed by atoms with Crippen molar-refractivity contribution in [1.29, 1.82) is 0 Å². The third kappa shape index (κ3) is 2.59. The maximum Gasteiger partial charge on any atom is 0.340 e. The van der Waals surface area contributed by atoms with Gasteiger partial charge in [-0.15, -0.1) is 0 Å². The van der Waals surface area contributed by atoms with Crippen LogP contribution in [0.1, 0.15) is 10.4 Å². The third-order valence-electron chi connectivity index (χ3n) is 2.71. The highest BCUT2D eigenvalue weighted by Crippen LogP contribution is 2.25. The summed E-state index contributed by atoms with van der Waals surface area (Å²) in [5.41, 5.74) is 0.399. The van der Waals surface area contributed by atoms with Gasteiger partial charge < -0.3 is 9.47 Å². The summed E-state index contributed by atoms with van der Waals surface area (Å²) in [7, 11) is 2.50. The van der Waals surface area contributed by atoms with Crippen molar-refractivity contribution in [3.8, 4) is 17.0 Å². The van der Waals surface area contributed by atoms with E-state index in [0.29, 0.717) is 5.56 Å². The monoisotopic (exact) mass is 279 g/mol. The number of halogens is 2. The first kappa shape index (κ1) is 13.9. The second kappa shape index (κ2) is 5.64. The molecule has 104 valence electrons. The smallest absolute Gasteiger partial charge is 0.340 e. The molecule has 4 nitrogen and oxygen atoms in total. The number of carbonyl (C=O) groups excluding carboxylic acids is 1. The summed E-state index contributed by atoms with van der Waals surface area (Å²) in [6.45, 7) is 0. The van der Waals surface area contributed by atoms with E-state index in [-0.39, 0.29) is 17.0 Å². The summed E-state index contributed by atoms with van der Waals surface area (Å²) < 4.78 is 36.4. The van der Waals surface area contributed by atoms with Gasteiger partial charge >= 0.3 is 5.97 Å². The number of nitrogens with zero attached hydrogens (tertiary/aromatic N) is 1. The van der Waals surface area contributed by atoms with Crippen molar-refractivity contribution in [2.45, 2.75) is 0 Å². The Kier molecular flexibility index (Phi) is 3.93. The highest BCUT2D eigenvalue weighted by atomic mass is 19.1. The number of hydrogen-bond donors (Lipinski definition) is 0. The SMILES string of the molecule is COC(=O)c1cc(-c2ccc(OC)c(F)c2)ncc1F. The molecule has 0 atom stereocenters. The largest absolute Gasteiger partial charge is 0.494 e. The third-order valence-corrected chi connectivity index (χ3v) is 2.71. The molecule has 0 saturated carbocycles. The van der Waals surface area contributed by atoms with Crippen molar-refractivity contribution in [1.82, 2.24) is 4.98 Å². The predicted molar refractivity (Wildman–Crippen MR) is 67.5 cm³/mol. The van der Waals surface area contributed by atoms with Crippen LogP contribution in [0, 0.1) is 11.6 Å². The average molecular weight is 279 g/mol. The Hall–Kier alpha value is -2.50. The van der Waals surface area contributed by atoms with Gasteiger partial charge in [0, 0.05) is 5.56 Å². The number of methoxy groups -OCH3 is 2. The molecule has 2 aromatic rings. The van der Waals surface area contributed by atoms with Crippen LogP contribution in [0.15, 0.2) is 30.5 Å². The van der Waals surface area contributed by atoms with E-state index in [1.54, 1.807) is 6.07 Å². The number of benzene rings is 1. The van der Waals surface area contributed by atoms with Gasteiger partial charge in [-0.25, -0.2) is 13.6 Å². The molecule has 1 aromatic heterocycles. The Morgan fingerprint density at radius 1 is 1.15 bits per heavy atom. The molecule has 0 unspecified atom stereocenters. The first-order valence-corrected chi connectivity index (χ1v) is 5.64. The van der Waals surface area contributed by atoms with Gasteiger partial charge in [-0.05, 0) is 24.3 Å². The number of carbonyl (C=O) groups is 1. The fourth-order valence-electron chi connectivity index (χ4n) is 1.69. The number of hydrogen-bond acceptors (Lipinski definition) is 4. The van der Waals surface area contributed by atoms with E-state index in [9.17, 15) is 13.6 Å². The number of aromatic nitrogens is 1. The highest BCUT2D eigenvalue weighted by molar-refractivity contribution is 5.90. The zero-order valence-electron chi connectivity index (χ0n) is 10.8. The lowest BCUT2D eigenvalue weighted by atomic mass is 10.1. The number of ether oxygens (including phenoxy) is 2. The van der Waals surface area contributed by atoms with Gasteiger partial charge in [-0.1, -0.05) is 0 Å². The number of pyridine rings is 1. The second-order valence-corrected chi connectivity index (χ2v) is 3.89. The van der Waals surface area contributed by atoms with Crippen LogP contribution in [-0.4, -0.2) is 25.2 Å². The highest BCUT2D eigenvalue weighted by Gasteiger charge is 2.15. The van der Waals surface area contributed by atoms with Gasteiger partial charge in [0.2, 0.25) is 0 Å². The maximum atomic E-state index is 13.6. The van der Waals surface area contributed by atoms with E-state index < -0.39 is 17.6 Å². The van der Waals surface area contributed by atoms with Gasteiger partial charge in [0.1, 0.15) is 0 Å². The minimum Gasteiger partial charge on any atom is -0.494 e. The molecule has 20 heavy (non-hydrogen) atoms. The molecule has 0 spiro atoms. The summed E-state index contributed by atoms with van der Waals surface area (Å²) in [6.07, 6.45) is 0.893. The Balaban J connectivity index is 2.48. The van der Waals surface area contributed by atoms with Crippen molar-refractivity contribution in [2.75, 3.05) is 14.2 Å². The fourth-order valence-corrected chi connectivity index (χ4v) is 1.69. The van der Waals surface area contributed by atoms with Gasteiger partial charge in [0.25, 0.3) is 0 Å². The lowest BCUT2D eigenvalue weighted by Gasteiger charge is -2.07. The molecule has 0 fully saturated rings.